The van der Waals surface area contributed by atoms with Gasteiger partial charge >= 0.3 is 0 Å². The van der Waals surface area contributed by atoms with E-state index in [1.165, 1.54) is 30.6 Å². The fraction of sp³-hybridized carbons (Fsp3) is 0.154. The summed E-state index contributed by atoms with van der Waals surface area (Å²) in [6.07, 6.45) is 0.237. The molecular weight excluding hydrogens is 239 g/mol. The summed E-state index contributed by atoms with van der Waals surface area (Å²) in [7, 11) is 1.46. The van der Waals surface area contributed by atoms with Crippen molar-refractivity contribution in [2.45, 2.75) is 6.42 Å². The van der Waals surface area contributed by atoms with Crippen molar-refractivity contribution < 1.29 is 13.9 Å². The standard InChI is InChI=1S/C13H11FO2S/c1-16-9-4-5-11(12(14)7-9)13(15)8-10-3-2-6-17-10/h2-7H,8H2,1H3. The van der Waals surface area contributed by atoms with Crippen LogP contribution in [-0.4, -0.2) is 12.9 Å². The molecule has 0 unspecified atom stereocenters. The minimum absolute atomic E-state index is 0.110. The van der Waals surface area contributed by atoms with Crippen LogP contribution in [0.5, 0.6) is 5.75 Å². The first-order valence-electron chi connectivity index (χ1n) is 5.10. The van der Waals surface area contributed by atoms with Crippen molar-refractivity contribution in [1.29, 1.82) is 0 Å². The summed E-state index contributed by atoms with van der Waals surface area (Å²) < 4.78 is 18.5. The molecule has 0 bridgehead atoms. The first kappa shape index (κ1) is 11.8. The van der Waals surface area contributed by atoms with E-state index in [2.05, 4.69) is 0 Å². The molecule has 0 atom stereocenters. The van der Waals surface area contributed by atoms with Crippen molar-refractivity contribution >= 4 is 17.1 Å². The summed E-state index contributed by atoms with van der Waals surface area (Å²) in [4.78, 5) is 12.8. The zero-order valence-corrected chi connectivity index (χ0v) is 10.1. The van der Waals surface area contributed by atoms with E-state index in [1.807, 2.05) is 17.5 Å². The molecule has 0 radical (unpaired) electrons. The normalized spacial score (nSPS) is 10.2. The molecule has 0 fully saturated rings. The Labute approximate surface area is 103 Å². The number of carbonyl (C=O) groups excluding carboxylic acids is 1. The second-order valence-corrected chi connectivity index (χ2v) is 4.56. The molecule has 2 aromatic rings. The molecule has 0 saturated heterocycles. The highest BCUT2D eigenvalue weighted by Gasteiger charge is 2.13. The quantitative estimate of drug-likeness (QED) is 0.778. The predicted octanol–water partition coefficient (Wildman–Crippen LogP) is 3.32. The molecule has 2 nitrogen and oxygen atoms in total. The SMILES string of the molecule is COc1ccc(C(=O)Cc2cccs2)c(F)c1. The van der Waals surface area contributed by atoms with E-state index in [0.717, 1.165) is 4.88 Å². The molecule has 0 amide bonds. The maximum absolute atomic E-state index is 13.6. The van der Waals surface area contributed by atoms with Crippen molar-refractivity contribution in [3.8, 4) is 5.75 Å². The average Bonchev–Trinajstić information content (AvgIpc) is 2.81. The van der Waals surface area contributed by atoms with E-state index in [-0.39, 0.29) is 17.8 Å². The Hall–Kier alpha value is -1.68. The van der Waals surface area contributed by atoms with Gasteiger partial charge in [0.1, 0.15) is 11.6 Å². The fourth-order valence-corrected chi connectivity index (χ4v) is 2.22. The van der Waals surface area contributed by atoms with E-state index in [0.29, 0.717) is 5.75 Å². The molecule has 0 aliphatic heterocycles. The lowest BCUT2D eigenvalue weighted by molar-refractivity contribution is 0.0990. The van der Waals surface area contributed by atoms with Gasteiger partial charge in [0.2, 0.25) is 0 Å². The number of rotatable bonds is 4. The summed E-state index contributed by atoms with van der Waals surface area (Å²) in [6, 6.07) is 8.01. The molecule has 0 N–H and O–H groups in total. The van der Waals surface area contributed by atoms with Gasteiger partial charge < -0.3 is 4.74 Å². The monoisotopic (exact) mass is 250 g/mol. The molecule has 1 aromatic carbocycles. The summed E-state index contributed by atoms with van der Waals surface area (Å²) in [6.45, 7) is 0. The van der Waals surface area contributed by atoms with Crippen LogP contribution in [0.1, 0.15) is 15.2 Å². The summed E-state index contributed by atoms with van der Waals surface area (Å²) >= 11 is 1.49. The third-order valence-electron chi connectivity index (χ3n) is 2.39. The highest BCUT2D eigenvalue weighted by Crippen LogP contribution is 2.19. The van der Waals surface area contributed by atoms with Crippen LogP contribution in [-0.2, 0) is 6.42 Å². The Morgan fingerprint density at radius 1 is 1.41 bits per heavy atom. The average molecular weight is 250 g/mol. The topological polar surface area (TPSA) is 26.3 Å². The summed E-state index contributed by atoms with van der Waals surface area (Å²) in [5.41, 5.74) is 0.110. The van der Waals surface area contributed by atoms with Crippen molar-refractivity contribution in [1.82, 2.24) is 0 Å². The van der Waals surface area contributed by atoms with Crippen LogP contribution in [0.15, 0.2) is 35.7 Å². The lowest BCUT2D eigenvalue weighted by Crippen LogP contribution is -2.05. The number of benzene rings is 1. The molecule has 0 saturated carbocycles. The number of carbonyl (C=O) groups is 1. The van der Waals surface area contributed by atoms with Crippen LogP contribution in [0.25, 0.3) is 0 Å². The lowest BCUT2D eigenvalue weighted by atomic mass is 10.1. The van der Waals surface area contributed by atoms with Gasteiger partial charge in [-0.2, -0.15) is 0 Å². The number of ether oxygens (including phenoxy) is 1. The molecule has 4 heteroatoms. The van der Waals surface area contributed by atoms with E-state index in [1.54, 1.807) is 6.07 Å². The van der Waals surface area contributed by atoms with Gasteiger partial charge in [0, 0.05) is 17.4 Å². The van der Waals surface area contributed by atoms with Crippen LogP contribution in [0.2, 0.25) is 0 Å². The van der Waals surface area contributed by atoms with Crippen LogP contribution >= 0.6 is 11.3 Å². The molecule has 0 aliphatic carbocycles. The number of thiophene rings is 1. The van der Waals surface area contributed by atoms with Crippen LogP contribution < -0.4 is 4.74 Å². The third kappa shape index (κ3) is 2.71. The Balaban J connectivity index is 2.19. The maximum Gasteiger partial charge on any atom is 0.171 e. The van der Waals surface area contributed by atoms with Gasteiger partial charge in [-0.1, -0.05) is 6.07 Å². The summed E-state index contributed by atoms with van der Waals surface area (Å²) in [5.74, 6) is -0.339. The predicted molar refractivity (Wildman–Crippen MR) is 65.3 cm³/mol. The van der Waals surface area contributed by atoms with Crippen molar-refractivity contribution in [2.24, 2.45) is 0 Å². The zero-order valence-electron chi connectivity index (χ0n) is 9.27. The number of Topliss-reactive ketones (excluding diaryl/α,β-unsaturated/α-hetero) is 1. The maximum atomic E-state index is 13.6. The van der Waals surface area contributed by atoms with E-state index in [4.69, 9.17) is 4.74 Å². The minimum Gasteiger partial charge on any atom is -0.497 e. The molecule has 88 valence electrons. The fourth-order valence-electron chi connectivity index (χ4n) is 1.52. The number of halogens is 1. The molecule has 0 aliphatic rings. The van der Waals surface area contributed by atoms with Crippen LogP contribution in [0, 0.1) is 5.82 Å². The Morgan fingerprint density at radius 3 is 2.82 bits per heavy atom. The molecule has 0 spiro atoms. The Kier molecular flexibility index (Phi) is 3.54. The Bertz CT molecular complexity index is 520. The van der Waals surface area contributed by atoms with Crippen molar-refractivity contribution in [3.63, 3.8) is 0 Å². The van der Waals surface area contributed by atoms with Crippen molar-refractivity contribution in [3.05, 3.63) is 52.0 Å². The molecule has 1 heterocycles. The highest BCUT2D eigenvalue weighted by atomic mass is 32.1. The van der Waals surface area contributed by atoms with Crippen LogP contribution in [0.4, 0.5) is 4.39 Å². The summed E-state index contributed by atoms with van der Waals surface area (Å²) in [5, 5.41) is 1.90. The zero-order chi connectivity index (χ0) is 12.3. The van der Waals surface area contributed by atoms with Gasteiger partial charge in [-0.25, -0.2) is 4.39 Å². The third-order valence-corrected chi connectivity index (χ3v) is 3.27. The number of hydrogen-bond donors (Lipinski definition) is 0. The number of hydrogen-bond acceptors (Lipinski definition) is 3. The van der Waals surface area contributed by atoms with Gasteiger partial charge in [0.15, 0.2) is 5.78 Å². The second kappa shape index (κ2) is 5.10. The van der Waals surface area contributed by atoms with E-state index < -0.39 is 5.82 Å². The smallest absolute Gasteiger partial charge is 0.171 e. The minimum atomic E-state index is -0.536. The largest absolute Gasteiger partial charge is 0.497 e. The molecule has 2 rings (SSSR count). The first-order chi connectivity index (χ1) is 8.20. The molecule has 1 aromatic heterocycles. The number of methoxy groups -OCH3 is 1. The van der Waals surface area contributed by atoms with E-state index >= 15 is 0 Å². The van der Waals surface area contributed by atoms with Crippen LogP contribution in [0.3, 0.4) is 0 Å². The first-order valence-corrected chi connectivity index (χ1v) is 5.98. The Morgan fingerprint density at radius 2 is 2.24 bits per heavy atom. The molecule has 17 heavy (non-hydrogen) atoms. The lowest BCUT2D eigenvalue weighted by Gasteiger charge is -2.04. The van der Waals surface area contributed by atoms with Gasteiger partial charge in [-0.05, 0) is 23.6 Å². The highest BCUT2D eigenvalue weighted by molar-refractivity contribution is 7.10. The number of ketones is 1. The van der Waals surface area contributed by atoms with Crippen molar-refractivity contribution in [2.75, 3.05) is 7.11 Å². The van der Waals surface area contributed by atoms with Gasteiger partial charge in [0.25, 0.3) is 0 Å². The van der Waals surface area contributed by atoms with E-state index in [9.17, 15) is 9.18 Å². The van der Waals surface area contributed by atoms with Gasteiger partial charge in [-0.3, -0.25) is 4.79 Å². The second-order valence-electron chi connectivity index (χ2n) is 3.53. The molecular formula is C13H11FO2S. The van der Waals surface area contributed by atoms with Gasteiger partial charge in [0.05, 0.1) is 12.7 Å². The van der Waals surface area contributed by atoms with Gasteiger partial charge in [-0.15, -0.1) is 11.3 Å².